The number of nitrogens with zero attached hydrogens (tertiary/aromatic N) is 3. The van der Waals surface area contributed by atoms with Gasteiger partial charge < -0.3 is 19.9 Å². The third-order valence-corrected chi connectivity index (χ3v) is 5.68. The first-order valence-corrected chi connectivity index (χ1v) is 10.1. The van der Waals surface area contributed by atoms with Crippen LogP contribution in [-0.2, 0) is 6.54 Å². The van der Waals surface area contributed by atoms with Gasteiger partial charge in [0.1, 0.15) is 5.75 Å². The highest BCUT2D eigenvalue weighted by atomic mass is 35.5. The van der Waals surface area contributed by atoms with E-state index in [1.807, 2.05) is 25.2 Å². The molecule has 5 nitrogen and oxygen atoms in total. The minimum Gasteiger partial charge on any atom is -0.496 e. The van der Waals surface area contributed by atoms with Gasteiger partial charge in [-0.3, -0.25) is 4.99 Å². The first-order chi connectivity index (χ1) is 12.7. The fourth-order valence-corrected chi connectivity index (χ4v) is 4.21. The molecule has 1 atom stereocenters. The number of hydrogen-bond acceptors (Lipinski definition) is 3. The smallest absolute Gasteiger partial charge is 0.193 e. The number of benzene rings is 1. The number of ether oxygens (including phenoxy) is 1. The van der Waals surface area contributed by atoms with Crippen molar-refractivity contribution in [1.82, 2.24) is 15.1 Å². The number of hydrogen-bond donors (Lipinski definition) is 1. The summed E-state index contributed by atoms with van der Waals surface area (Å²) in [5.74, 6) is 2.53. The SMILES string of the molecule is CN=C(NCc1ccc(Cl)cc1OC)N1CCC(CN2CCCCC2)C1. The lowest BCUT2D eigenvalue weighted by Gasteiger charge is -2.29. The molecule has 2 saturated heterocycles. The van der Waals surface area contributed by atoms with E-state index in [-0.39, 0.29) is 0 Å². The van der Waals surface area contributed by atoms with Gasteiger partial charge in [-0.1, -0.05) is 24.1 Å². The monoisotopic (exact) mass is 378 g/mol. The van der Waals surface area contributed by atoms with E-state index < -0.39 is 0 Å². The maximum absolute atomic E-state index is 6.05. The van der Waals surface area contributed by atoms with Gasteiger partial charge in [-0.25, -0.2) is 0 Å². The third-order valence-electron chi connectivity index (χ3n) is 5.45. The summed E-state index contributed by atoms with van der Waals surface area (Å²) in [6.45, 7) is 6.64. The lowest BCUT2D eigenvalue weighted by atomic mass is 10.1. The van der Waals surface area contributed by atoms with E-state index in [0.29, 0.717) is 11.6 Å². The van der Waals surface area contributed by atoms with Crippen LogP contribution in [0.4, 0.5) is 0 Å². The molecule has 0 bridgehead atoms. The molecule has 2 aliphatic heterocycles. The Bertz CT molecular complexity index is 616. The fraction of sp³-hybridized carbons (Fsp3) is 0.650. The van der Waals surface area contributed by atoms with E-state index in [2.05, 4.69) is 20.1 Å². The van der Waals surface area contributed by atoms with Crippen molar-refractivity contribution in [2.24, 2.45) is 10.9 Å². The van der Waals surface area contributed by atoms with Crippen LogP contribution in [0.25, 0.3) is 0 Å². The predicted molar refractivity (Wildman–Crippen MR) is 108 cm³/mol. The molecule has 0 saturated carbocycles. The number of methoxy groups -OCH3 is 1. The summed E-state index contributed by atoms with van der Waals surface area (Å²) in [5.41, 5.74) is 1.09. The van der Waals surface area contributed by atoms with E-state index in [9.17, 15) is 0 Å². The van der Waals surface area contributed by atoms with Crippen molar-refractivity contribution in [3.8, 4) is 5.75 Å². The summed E-state index contributed by atoms with van der Waals surface area (Å²) in [6.07, 6.45) is 5.38. The minimum absolute atomic E-state index is 0.681. The summed E-state index contributed by atoms with van der Waals surface area (Å²) in [4.78, 5) is 9.52. The molecule has 6 heteroatoms. The van der Waals surface area contributed by atoms with Crippen LogP contribution < -0.4 is 10.1 Å². The highest BCUT2D eigenvalue weighted by molar-refractivity contribution is 6.30. The maximum Gasteiger partial charge on any atom is 0.193 e. The Hall–Kier alpha value is -1.46. The normalized spacial score (nSPS) is 21.9. The second-order valence-electron chi connectivity index (χ2n) is 7.32. The van der Waals surface area contributed by atoms with Crippen molar-refractivity contribution in [2.45, 2.75) is 32.2 Å². The van der Waals surface area contributed by atoms with Gasteiger partial charge in [0.15, 0.2) is 5.96 Å². The first kappa shape index (κ1) is 19.3. The maximum atomic E-state index is 6.05. The van der Waals surface area contributed by atoms with Crippen molar-refractivity contribution in [3.05, 3.63) is 28.8 Å². The van der Waals surface area contributed by atoms with Crippen molar-refractivity contribution in [1.29, 1.82) is 0 Å². The van der Waals surface area contributed by atoms with E-state index in [0.717, 1.165) is 36.3 Å². The number of rotatable bonds is 5. The summed E-state index contributed by atoms with van der Waals surface area (Å²) >= 11 is 6.05. The zero-order valence-corrected chi connectivity index (χ0v) is 16.8. The summed E-state index contributed by atoms with van der Waals surface area (Å²) < 4.78 is 5.44. The molecule has 1 N–H and O–H groups in total. The Kier molecular flexibility index (Phi) is 7.03. The van der Waals surface area contributed by atoms with Gasteiger partial charge in [-0.15, -0.1) is 0 Å². The molecule has 1 aromatic carbocycles. The van der Waals surface area contributed by atoms with Gasteiger partial charge in [0.2, 0.25) is 0 Å². The Morgan fingerprint density at radius 3 is 2.81 bits per heavy atom. The predicted octanol–water partition coefficient (Wildman–Crippen LogP) is 3.23. The molecule has 0 radical (unpaired) electrons. The molecule has 1 unspecified atom stereocenters. The Morgan fingerprint density at radius 1 is 1.27 bits per heavy atom. The van der Waals surface area contributed by atoms with Crippen LogP contribution in [0.15, 0.2) is 23.2 Å². The minimum atomic E-state index is 0.681. The van der Waals surface area contributed by atoms with Gasteiger partial charge in [0, 0.05) is 43.8 Å². The van der Waals surface area contributed by atoms with Crippen LogP contribution in [0, 0.1) is 5.92 Å². The Labute approximate surface area is 162 Å². The number of likely N-dealkylation sites (tertiary alicyclic amines) is 2. The molecule has 0 amide bonds. The van der Waals surface area contributed by atoms with Crippen LogP contribution in [-0.4, -0.2) is 62.6 Å². The average Bonchev–Trinajstić information content (AvgIpc) is 3.12. The number of guanidine groups is 1. The zero-order valence-electron chi connectivity index (χ0n) is 16.0. The third kappa shape index (κ3) is 5.04. The second kappa shape index (κ2) is 9.47. The molecule has 26 heavy (non-hydrogen) atoms. The first-order valence-electron chi connectivity index (χ1n) is 9.70. The second-order valence-corrected chi connectivity index (χ2v) is 7.76. The number of aliphatic imine (C=N–C) groups is 1. The van der Waals surface area contributed by atoms with Crippen LogP contribution in [0.2, 0.25) is 5.02 Å². The lowest BCUT2D eigenvalue weighted by molar-refractivity contribution is 0.198. The zero-order chi connectivity index (χ0) is 18.4. The van der Waals surface area contributed by atoms with E-state index >= 15 is 0 Å². The molecule has 1 aromatic rings. The van der Waals surface area contributed by atoms with Gasteiger partial charge >= 0.3 is 0 Å². The lowest BCUT2D eigenvalue weighted by Crippen LogP contribution is -2.41. The van der Waals surface area contributed by atoms with E-state index in [1.165, 1.54) is 45.3 Å². The average molecular weight is 379 g/mol. The summed E-state index contributed by atoms with van der Waals surface area (Å²) in [6, 6.07) is 5.75. The molecule has 2 fully saturated rings. The highest BCUT2D eigenvalue weighted by Gasteiger charge is 2.27. The number of piperidine rings is 1. The molecule has 0 aliphatic carbocycles. The highest BCUT2D eigenvalue weighted by Crippen LogP contribution is 2.23. The molecule has 2 heterocycles. The molecular formula is C20H31ClN4O. The van der Waals surface area contributed by atoms with Crippen LogP contribution in [0.1, 0.15) is 31.2 Å². The number of nitrogens with one attached hydrogen (secondary N) is 1. The quantitative estimate of drug-likeness (QED) is 0.630. The largest absolute Gasteiger partial charge is 0.496 e. The standard InChI is InChI=1S/C20H31ClN4O/c1-22-20(23-13-17-6-7-18(21)12-19(17)26-2)25-11-8-16(15-25)14-24-9-4-3-5-10-24/h6-7,12,16H,3-5,8-11,13-15H2,1-2H3,(H,22,23). The van der Waals surface area contributed by atoms with Gasteiger partial charge in [-0.05, 0) is 50.4 Å². The molecular weight excluding hydrogens is 348 g/mol. The van der Waals surface area contributed by atoms with Crippen molar-refractivity contribution in [3.63, 3.8) is 0 Å². The summed E-state index contributed by atoms with van der Waals surface area (Å²) in [7, 11) is 3.54. The van der Waals surface area contributed by atoms with Crippen LogP contribution in [0.3, 0.4) is 0 Å². The Morgan fingerprint density at radius 2 is 2.08 bits per heavy atom. The van der Waals surface area contributed by atoms with Crippen LogP contribution >= 0.6 is 11.6 Å². The molecule has 3 rings (SSSR count). The van der Waals surface area contributed by atoms with Crippen molar-refractivity contribution in [2.75, 3.05) is 46.9 Å². The topological polar surface area (TPSA) is 40.1 Å². The molecule has 144 valence electrons. The van der Waals surface area contributed by atoms with Gasteiger partial charge in [-0.2, -0.15) is 0 Å². The van der Waals surface area contributed by atoms with Gasteiger partial charge in [0.25, 0.3) is 0 Å². The van der Waals surface area contributed by atoms with Crippen molar-refractivity contribution >= 4 is 17.6 Å². The van der Waals surface area contributed by atoms with Crippen LogP contribution in [0.5, 0.6) is 5.75 Å². The summed E-state index contributed by atoms with van der Waals surface area (Å²) in [5, 5.41) is 4.18. The molecule has 2 aliphatic rings. The van der Waals surface area contributed by atoms with E-state index in [4.69, 9.17) is 16.3 Å². The van der Waals surface area contributed by atoms with Gasteiger partial charge in [0.05, 0.1) is 7.11 Å². The number of halogens is 1. The fourth-order valence-electron chi connectivity index (χ4n) is 4.05. The van der Waals surface area contributed by atoms with E-state index in [1.54, 1.807) is 7.11 Å². The molecule has 0 spiro atoms. The molecule has 0 aromatic heterocycles. The Balaban J connectivity index is 1.51. The van der Waals surface area contributed by atoms with Crippen molar-refractivity contribution < 1.29 is 4.74 Å².